The smallest absolute Gasteiger partial charge is 0.123 e. The summed E-state index contributed by atoms with van der Waals surface area (Å²) in [7, 11) is 0. The van der Waals surface area contributed by atoms with Gasteiger partial charge in [0.25, 0.3) is 0 Å². The second kappa shape index (κ2) is 8.11. The Morgan fingerprint density at radius 1 is 1.15 bits per heavy atom. The Kier molecular flexibility index (Phi) is 10.1. The second-order valence-corrected chi connectivity index (χ2v) is 2.24. The third kappa shape index (κ3) is 5.27. The molecule has 0 bridgehead atoms. The molecule has 0 heterocycles. The van der Waals surface area contributed by atoms with E-state index in [-0.39, 0.29) is 76.9 Å². The fourth-order valence-electron chi connectivity index (χ4n) is 0.855. The maximum atomic E-state index is 9.20. The fourth-order valence-corrected chi connectivity index (χ4v) is 0.855. The molecule has 1 rings (SSSR count). The minimum absolute atomic E-state index is 0. The summed E-state index contributed by atoms with van der Waals surface area (Å²) in [6.07, 6.45) is 3.53. The molecule has 0 unspecified atom stereocenters. The first-order chi connectivity index (χ1) is 5.24. The van der Waals surface area contributed by atoms with E-state index in [1.165, 1.54) is 18.2 Å². The predicted molar refractivity (Wildman–Crippen MR) is 44.5 cm³/mol. The monoisotopic (exact) mass is 328 g/mol. The SMILES string of the molecule is C/C=C/c1cc(O)ccc1O.[Y].[Y]. The molecule has 2 N–H and O–H groups in total. The average molecular weight is 328 g/mol. The molecule has 1 aromatic carbocycles. The molecule has 1 aromatic rings. The quantitative estimate of drug-likeness (QED) is 0.776. The van der Waals surface area contributed by atoms with Crippen LogP contribution in [0.2, 0.25) is 0 Å². The molecule has 0 amide bonds. The summed E-state index contributed by atoms with van der Waals surface area (Å²) in [6.45, 7) is 1.85. The van der Waals surface area contributed by atoms with Crippen LogP contribution in [0.3, 0.4) is 0 Å². The van der Waals surface area contributed by atoms with E-state index in [0.717, 1.165) is 0 Å². The van der Waals surface area contributed by atoms with Crippen LogP contribution in [0.1, 0.15) is 12.5 Å². The van der Waals surface area contributed by atoms with Gasteiger partial charge in [-0.25, -0.2) is 0 Å². The molecule has 13 heavy (non-hydrogen) atoms. The Balaban J connectivity index is 0. The van der Waals surface area contributed by atoms with Crippen LogP contribution in [-0.2, 0) is 65.4 Å². The normalized spacial score (nSPS) is 9.00. The van der Waals surface area contributed by atoms with E-state index in [1.807, 2.05) is 6.92 Å². The first-order valence-electron chi connectivity index (χ1n) is 3.38. The van der Waals surface area contributed by atoms with Crippen molar-refractivity contribution >= 4 is 6.08 Å². The molecule has 0 aromatic heterocycles. The third-order valence-electron chi connectivity index (χ3n) is 1.36. The van der Waals surface area contributed by atoms with Crippen molar-refractivity contribution in [1.82, 2.24) is 0 Å². The van der Waals surface area contributed by atoms with Gasteiger partial charge in [0.15, 0.2) is 0 Å². The largest absolute Gasteiger partial charge is 0.508 e. The summed E-state index contributed by atoms with van der Waals surface area (Å²) in [5, 5.41) is 18.2. The Morgan fingerprint density at radius 2 is 1.77 bits per heavy atom. The summed E-state index contributed by atoms with van der Waals surface area (Å²) in [5.74, 6) is 0.344. The molecule has 2 nitrogen and oxygen atoms in total. The summed E-state index contributed by atoms with van der Waals surface area (Å²) >= 11 is 0. The number of phenols is 2. The van der Waals surface area contributed by atoms with Gasteiger partial charge in [-0.15, -0.1) is 0 Å². The van der Waals surface area contributed by atoms with Crippen molar-refractivity contribution in [3.05, 3.63) is 29.8 Å². The maximum absolute atomic E-state index is 9.20. The minimum Gasteiger partial charge on any atom is -0.508 e. The van der Waals surface area contributed by atoms with Crippen molar-refractivity contribution in [2.75, 3.05) is 0 Å². The van der Waals surface area contributed by atoms with Crippen molar-refractivity contribution in [3.63, 3.8) is 0 Å². The molecule has 64 valence electrons. The van der Waals surface area contributed by atoms with Crippen LogP contribution >= 0.6 is 0 Å². The van der Waals surface area contributed by atoms with Gasteiger partial charge >= 0.3 is 0 Å². The maximum Gasteiger partial charge on any atom is 0.123 e. The predicted octanol–water partition coefficient (Wildman–Crippen LogP) is 2.13. The zero-order chi connectivity index (χ0) is 8.27. The first kappa shape index (κ1) is 16.2. The second-order valence-electron chi connectivity index (χ2n) is 2.24. The van der Waals surface area contributed by atoms with Gasteiger partial charge in [0.2, 0.25) is 0 Å². The summed E-state index contributed by atoms with van der Waals surface area (Å²) in [6, 6.07) is 4.42. The number of allylic oxidation sites excluding steroid dienone is 1. The van der Waals surface area contributed by atoms with Gasteiger partial charge in [0.05, 0.1) is 0 Å². The van der Waals surface area contributed by atoms with E-state index < -0.39 is 0 Å². The van der Waals surface area contributed by atoms with E-state index in [0.29, 0.717) is 5.56 Å². The minimum atomic E-state index is 0. The molecule has 0 atom stereocenters. The van der Waals surface area contributed by atoms with E-state index in [1.54, 1.807) is 12.2 Å². The Bertz CT molecular complexity index is 285. The van der Waals surface area contributed by atoms with Gasteiger partial charge in [0, 0.05) is 71.0 Å². The van der Waals surface area contributed by atoms with Gasteiger partial charge in [-0.3, -0.25) is 0 Å². The van der Waals surface area contributed by atoms with Gasteiger partial charge in [-0.2, -0.15) is 0 Å². The van der Waals surface area contributed by atoms with Gasteiger partial charge in [-0.05, 0) is 25.1 Å². The van der Waals surface area contributed by atoms with Crippen LogP contribution in [-0.4, -0.2) is 10.2 Å². The number of phenolic OH excluding ortho intramolecular Hbond substituents is 2. The van der Waals surface area contributed by atoms with Crippen molar-refractivity contribution < 1.29 is 75.6 Å². The van der Waals surface area contributed by atoms with Crippen molar-refractivity contribution in [1.29, 1.82) is 0 Å². The molecule has 0 saturated heterocycles. The van der Waals surface area contributed by atoms with Crippen molar-refractivity contribution in [2.24, 2.45) is 0 Å². The van der Waals surface area contributed by atoms with Crippen LogP contribution in [0.5, 0.6) is 11.5 Å². The van der Waals surface area contributed by atoms with E-state index in [2.05, 4.69) is 0 Å². The molecular formula is C9H10O2Y2. The van der Waals surface area contributed by atoms with Crippen LogP contribution in [0.15, 0.2) is 24.3 Å². The molecule has 0 aliphatic heterocycles. The topological polar surface area (TPSA) is 40.5 Å². The Hall–Kier alpha value is 0.768. The molecule has 0 saturated carbocycles. The zero-order valence-corrected chi connectivity index (χ0v) is 13.1. The molecule has 0 fully saturated rings. The van der Waals surface area contributed by atoms with Crippen LogP contribution < -0.4 is 0 Å². The molecule has 0 aliphatic rings. The van der Waals surface area contributed by atoms with Crippen LogP contribution in [0, 0.1) is 0 Å². The van der Waals surface area contributed by atoms with Gasteiger partial charge in [-0.1, -0.05) is 12.2 Å². The fraction of sp³-hybridized carbons (Fsp3) is 0.111. The molecule has 2 radical (unpaired) electrons. The van der Waals surface area contributed by atoms with E-state index >= 15 is 0 Å². The summed E-state index contributed by atoms with van der Waals surface area (Å²) in [4.78, 5) is 0. The van der Waals surface area contributed by atoms with Crippen LogP contribution in [0.4, 0.5) is 0 Å². The van der Waals surface area contributed by atoms with E-state index in [4.69, 9.17) is 5.11 Å². The van der Waals surface area contributed by atoms with Crippen molar-refractivity contribution in [3.8, 4) is 11.5 Å². The standard InChI is InChI=1S/C9H10O2.2Y/c1-2-3-7-6-8(10)4-5-9(7)11;;/h2-6,10-11H,1H3;;/b3-2+;;. The van der Waals surface area contributed by atoms with Gasteiger partial charge < -0.3 is 10.2 Å². The number of hydrogen-bond donors (Lipinski definition) is 2. The number of hydrogen-bond acceptors (Lipinski definition) is 2. The first-order valence-corrected chi connectivity index (χ1v) is 3.38. The molecule has 4 heteroatoms. The summed E-state index contributed by atoms with van der Waals surface area (Å²) < 4.78 is 0. The number of aromatic hydroxyl groups is 2. The molecule has 0 spiro atoms. The number of benzene rings is 1. The molecule has 0 aliphatic carbocycles. The van der Waals surface area contributed by atoms with Crippen molar-refractivity contribution in [2.45, 2.75) is 6.92 Å². The zero-order valence-electron chi connectivity index (χ0n) is 7.44. The van der Waals surface area contributed by atoms with E-state index in [9.17, 15) is 5.11 Å². The Labute approximate surface area is 128 Å². The number of rotatable bonds is 1. The third-order valence-corrected chi connectivity index (χ3v) is 1.36. The average Bonchev–Trinajstić information content (AvgIpc) is 1.98. The summed E-state index contributed by atoms with van der Waals surface area (Å²) in [5.41, 5.74) is 0.632. The Morgan fingerprint density at radius 3 is 2.31 bits per heavy atom. The van der Waals surface area contributed by atoms with Crippen LogP contribution in [0.25, 0.3) is 6.08 Å². The van der Waals surface area contributed by atoms with Gasteiger partial charge in [0.1, 0.15) is 11.5 Å². The molecular weight excluding hydrogens is 318 g/mol.